The lowest BCUT2D eigenvalue weighted by Gasteiger charge is -2.11. The summed E-state index contributed by atoms with van der Waals surface area (Å²) in [5.74, 6) is 1.09. The molecule has 1 aliphatic rings. The summed E-state index contributed by atoms with van der Waals surface area (Å²) in [7, 11) is 0. The summed E-state index contributed by atoms with van der Waals surface area (Å²) in [6.45, 7) is 2.10. The van der Waals surface area contributed by atoms with Crippen molar-refractivity contribution < 1.29 is 14.3 Å². The predicted octanol–water partition coefficient (Wildman–Crippen LogP) is 2.25. The highest BCUT2D eigenvalue weighted by molar-refractivity contribution is 5.92. The number of nitrogens with one attached hydrogen (secondary N) is 1. The van der Waals surface area contributed by atoms with E-state index in [9.17, 15) is 9.59 Å². The highest BCUT2D eigenvalue weighted by Gasteiger charge is 2.22. The molecule has 0 atom stereocenters. The Kier molecular flexibility index (Phi) is 3.42. The number of hydrogen-bond acceptors (Lipinski definition) is 3. The van der Waals surface area contributed by atoms with Crippen molar-refractivity contribution in [1.29, 1.82) is 0 Å². The highest BCUT2D eigenvalue weighted by Crippen LogP contribution is 2.32. The number of benzene rings is 1. The molecule has 17 heavy (non-hydrogen) atoms. The molecular formula is C13H15NO3. The van der Waals surface area contributed by atoms with Crippen LogP contribution in [-0.2, 0) is 4.79 Å². The Balaban J connectivity index is 2.14. The molecule has 4 nitrogen and oxygen atoms in total. The Morgan fingerprint density at radius 3 is 2.88 bits per heavy atom. The third-order valence-corrected chi connectivity index (χ3v) is 2.62. The first-order valence-electron chi connectivity index (χ1n) is 5.68. The minimum atomic E-state index is -0.177. The Morgan fingerprint density at radius 2 is 2.29 bits per heavy atom. The quantitative estimate of drug-likeness (QED) is 0.793. The van der Waals surface area contributed by atoms with Gasteiger partial charge >= 0.3 is 0 Å². The second-order valence-corrected chi connectivity index (χ2v) is 4.31. The van der Waals surface area contributed by atoms with E-state index in [2.05, 4.69) is 5.32 Å². The second-order valence-electron chi connectivity index (χ2n) is 4.31. The Hall–Kier alpha value is -1.84. The fourth-order valence-electron chi connectivity index (χ4n) is 1.53. The molecule has 0 saturated heterocycles. The van der Waals surface area contributed by atoms with Gasteiger partial charge in [0.2, 0.25) is 5.91 Å². The summed E-state index contributed by atoms with van der Waals surface area (Å²) in [6, 6.07) is 5.02. The molecule has 4 heteroatoms. The molecule has 0 heterocycles. The van der Waals surface area contributed by atoms with Gasteiger partial charge in [-0.1, -0.05) is 0 Å². The van der Waals surface area contributed by atoms with Gasteiger partial charge in [0.15, 0.2) is 0 Å². The normalized spacial score (nSPS) is 14.2. The van der Waals surface area contributed by atoms with Crippen LogP contribution in [0.4, 0.5) is 5.69 Å². The average Bonchev–Trinajstić information content (AvgIpc) is 3.10. The molecule has 0 radical (unpaired) electrons. The summed E-state index contributed by atoms with van der Waals surface area (Å²) in [4.78, 5) is 21.7. The van der Waals surface area contributed by atoms with Crippen molar-refractivity contribution in [2.75, 3.05) is 11.9 Å². The summed E-state index contributed by atoms with van der Waals surface area (Å²) in [5.41, 5.74) is 1.08. The van der Waals surface area contributed by atoms with Crippen LogP contribution in [0.5, 0.6) is 5.75 Å². The van der Waals surface area contributed by atoms with Gasteiger partial charge in [-0.25, -0.2) is 0 Å². The van der Waals surface area contributed by atoms with Crippen LogP contribution < -0.4 is 10.1 Å². The van der Waals surface area contributed by atoms with Gasteiger partial charge in [0, 0.05) is 12.5 Å². The van der Waals surface area contributed by atoms with Crippen LogP contribution in [0, 0.1) is 5.92 Å². The molecule has 2 rings (SSSR count). The zero-order valence-electron chi connectivity index (χ0n) is 9.73. The first-order chi connectivity index (χ1) is 8.19. The molecule has 0 aliphatic heterocycles. The predicted molar refractivity (Wildman–Crippen MR) is 64.4 cm³/mol. The van der Waals surface area contributed by atoms with Crippen molar-refractivity contribution in [1.82, 2.24) is 0 Å². The summed E-state index contributed by atoms with van der Waals surface area (Å²) < 4.78 is 5.63. The fraction of sp³-hybridized carbons (Fsp3) is 0.385. The van der Waals surface area contributed by atoms with Crippen LogP contribution in [0.2, 0.25) is 0 Å². The third-order valence-electron chi connectivity index (χ3n) is 2.62. The Morgan fingerprint density at radius 1 is 1.53 bits per heavy atom. The number of carbonyl (C=O) groups is 2. The van der Waals surface area contributed by atoms with Crippen LogP contribution in [0.25, 0.3) is 0 Å². The molecule has 0 spiro atoms. The summed E-state index contributed by atoms with van der Waals surface area (Å²) in [5, 5.41) is 2.67. The van der Waals surface area contributed by atoms with Crippen LogP contribution in [0.15, 0.2) is 18.2 Å². The molecule has 1 aliphatic carbocycles. The number of amides is 1. The van der Waals surface area contributed by atoms with Gasteiger partial charge in [-0.15, -0.1) is 0 Å². The van der Waals surface area contributed by atoms with Crippen LogP contribution >= 0.6 is 0 Å². The van der Waals surface area contributed by atoms with Gasteiger partial charge in [-0.2, -0.15) is 0 Å². The lowest BCUT2D eigenvalue weighted by molar-refractivity contribution is -0.114. The SMILES string of the molecule is CC(=O)Nc1cc(C=O)ccc1OCC1CC1. The molecular weight excluding hydrogens is 218 g/mol. The van der Waals surface area contributed by atoms with E-state index >= 15 is 0 Å². The fourth-order valence-corrected chi connectivity index (χ4v) is 1.53. The van der Waals surface area contributed by atoms with E-state index in [4.69, 9.17) is 4.74 Å². The summed E-state index contributed by atoms with van der Waals surface area (Å²) >= 11 is 0. The van der Waals surface area contributed by atoms with Gasteiger partial charge in [-0.05, 0) is 37.0 Å². The zero-order chi connectivity index (χ0) is 12.3. The van der Waals surface area contributed by atoms with Gasteiger partial charge in [0.1, 0.15) is 12.0 Å². The Labute approximate surface area is 100.0 Å². The summed E-state index contributed by atoms with van der Waals surface area (Å²) in [6.07, 6.45) is 3.17. The van der Waals surface area contributed by atoms with Crippen molar-refractivity contribution in [3.63, 3.8) is 0 Å². The van der Waals surface area contributed by atoms with Crippen molar-refractivity contribution in [3.05, 3.63) is 23.8 Å². The van der Waals surface area contributed by atoms with Gasteiger partial charge in [0.25, 0.3) is 0 Å². The number of anilines is 1. The number of carbonyl (C=O) groups excluding carboxylic acids is 2. The van der Waals surface area contributed by atoms with E-state index < -0.39 is 0 Å². The first kappa shape index (κ1) is 11.6. The first-order valence-corrected chi connectivity index (χ1v) is 5.68. The average molecular weight is 233 g/mol. The van der Waals surface area contributed by atoms with E-state index in [0.717, 1.165) is 6.29 Å². The molecule has 1 aromatic rings. The van der Waals surface area contributed by atoms with E-state index in [0.29, 0.717) is 29.5 Å². The maximum atomic E-state index is 11.1. The molecule has 0 aromatic heterocycles. The molecule has 1 aromatic carbocycles. The molecule has 1 N–H and O–H groups in total. The van der Waals surface area contributed by atoms with Crippen molar-refractivity contribution in [2.24, 2.45) is 5.92 Å². The molecule has 90 valence electrons. The smallest absolute Gasteiger partial charge is 0.221 e. The van der Waals surface area contributed by atoms with Crippen molar-refractivity contribution >= 4 is 17.9 Å². The second kappa shape index (κ2) is 4.99. The number of hydrogen-bond donors (Lipinski definition) is 1. The molecule has 1 saturated carbocycles. The maximum Gasteiger partial charge on any atom is 0.221 e. The van der Waals surface area contributed by atoms with Crippen LogP contribution in [-0.4, -0.2) is 18.8 Å². The highest BCUT2D eigenvalue weighted by atomic mass is 16.5. The van der Waals surface area contributed by atoms with E-state index in [1.54, 1.807) is 18.2 Å². The van der Waals surface area contributed by atoms with Crippen LogP contribution in [0.1, 0.15) is 30.1 Å². The maximum absolute atomic E-state index is 11.1. The van der Waals surface area contributed by atoms with Gasteiger partial charge in [-0.3, -0.25) is 9.59 Å². The molecule has 0 unspecified atom stereocenters. The third kappa shape index (κ3) is 3.31. The number of rotatable bonds is 5. The van der Waals surface area contributed by atoms with Crippen molar-refractivity contribution in [3.8, 4) is 5.75 Å². The Bertz CT molecular complexity index is 438. The number of ether oxygens (including phenoxy) is 1. The van der Waals surface area contributed by atoms with Gasteiger partial charge in [0.05, 0.1) is 12.3 Å². The standard InChI is InChI=1S/C13H15NO3/c1-9(16)14-12-6-11(7-15)4-5-13(12)17-8-10-2-3-10/h4-7,10H,2-3,8H2,1H3,(H,14,16). The zero-order valence-corrected chi connectivity index (χ0v) is 9.73. The van der Waals surface area contributed by atoms with Crippen LogP contribution in [0.3, 0.4) is 0 Å². The molecule has 1 fully saturated rings. The lowest BCUT2D eigenvalue weighted by atomic mass is 10.2. The topological polar surface area (TPSA) is 55.4 Å². The number of aldehydes is 1. The van der Waals surface area contributed by atoms with E-state index in [1.165, 1.54) is 19.8 Å². The largest absolute Gasteiger partial charge is 0.491 e. The minimum absolute atomic E-state index is 0.177. The molecule has 0 bridgehead atoms. The molecule has 1 amide bonds. The van der Waals surface area contributed by atoms with Crippen molar-refractivity contribution in [2.45, 2.75) is 19.8 Å². The van der Waals surface area contributed by atoms with Gasteiger partial charge < -0.3 is 10.1 Å². The van der Waals surface area contributed by atoms with E-state index in [1.807, 2.05) is 0 Å². The monoisotopic (exact) mass is 233 g/mol. The lowest BCUT2D eigenvalue weighted by Crippen LogP contribution is -2.09. The van der Waals surface area contributed by atoms with E-state index in [-0.39, 0.29) is 5.91 Å². The minimum Gasteiger partial charge on any atom is -0.491 e.